The molecule has 140 valence electrons. The van der Waals surface area contributed by atoms with Crippen molar-refractivity contribution in [3.8, 4) is 10.7 Å². The molecule has 2 aromatic carbocycles. The first-order valence-electron chi connectivity index (χ1n) is 8.41. The Kier molecular flexibility index (Phi) is 4.66. The molecule has 0 aliphatic rings. The van der Waals surface area contributed by atoms with Crippen molar-refractivity contribution in [1.29, 1.82) is 0 Å². The molecule has 3 N–H and O–H groups in total. The van der Waals surface area contributed by atoms with Crippen molar-refractivity contribution >= 4 is 34.2 Å². The summed E-state index contributed by atoms with van der Waals surface area (Å²) in [6.45, 7) is 2.18. The summed E-state index contributed by atoms with van der Waals surface area (Å²) in [6, 6.07) is 11.5. The van der Waals surface area contributed by atoms with Crippen LogP contribution in [0.4, 0.5) is 10.2 Å². The molecular weight excluding hydrogens is 379 g/mol. The van der Waals surface area contributed by atoms with Crippen LogP contribution < -0.4 is 11.1 Å². The minimum Gasteiger partial charge on any atom is -0.366 e. The molecule has 4 rings (SSSR count). The minimum atomic E-state index is -0.539. The van der Waals surface area contributed by atoms with E-state index in [1.807, 2.05) is 12.1 Å². The number of carbonyl (C=O) groups excluding carboxylic acids is 1. The van der Waals surface area contributed by atoms with Crippen molar-refractivity contribution in [2.45, 2.75) is 13.5 Å². The molecular formula is C19H15FN6OS. The van der Waals surface area contributed by atoms with E-state index in [0.717, 1.165) is 10.9 Å². The van der Waals surface area contributed by atoms with Gasteiger partial charge >= 0.3 is 0 Å². The summed E-state index contributed by atoms with van der Waals surface area (Å²) in [6.07, 6.45) is 0. The van der Waals surface area contributed by atoms with Crippen LogP contribution in [0.15, 0.2) is 42.5 Å². The third-order valence-electron chi connectivity index (χ3n) is 4.18. The number of aromatic nitrogens is 4. The van der Waals surface area contributed by atoms with E-state index in [2.05, 4.69) is 24.9 Å². The second-order valence-corrected chi connectivity index (χ2v) is 6.90. The van der Waals surface area contributed by atoms with Gasteiger partial charge in [0.1, 0.15) is 16.4 Å². The predicted molar refractivity (Wildman–Crippen MR) is 105 cm³/mol. The lowest BCUT2D eigenvalue weighted by Crippen LogP contribution is -2.11. The van der Waals surface area contributed by atoms with Crippen LogP contribution in [0.5, 0.6) is 0 Å². The Morgan fingerprint density at radius 3 is 2.82 bits per heavy atom. The fourth-order valence-corrected chi connectivity index (χ4v) is 3.61. The number of rotatable bonds is 5. The van der Waals surface area contributed by atoms with E-state index in [1.54, 1.807) is 25.1 Å². The average Bonchev–Trinajstić information content (AvgIpc) is 3.11. The van der Waals surface area contributed by atoms with E-state index in [-0.39, 0.29) is 5.82 Å². The zero-order valence-electron chi connectivity index (χ0n) is 14.8. The van der Waals surface area contributed by atoms with Crippen molar-refractivity contribution in [2.75, 3.05) is 5.32 Å². The minimum absolute atomic E-state index is 0.293. The van der Waals surface area contributed by atoms with Gasteiger partial charge in [-0.05, 0) is 42.2 Å². The smallest absolute Gasteiger partial charge is 0.250 e. The van der Waals surface area contributed by atoms with Crippen molar-refractivity contribution < 1.29 is 9.18 Å². The highest BCUT2D eigenvalue weighted by Gasteiger charge is 2.17. The van der Waals surface area contributed by atoms with Gasteiger partial charge in [0.05, 0.1) is 11.1 Å². The molecule has 0 aliphatic heterocycles. The molecule has 0 atom stereocenters. The predicted octanol–water partition coefficient (Wildman–Crippen LogP) is 3.31. The Morgan fingerprint density at radius 2 is 2.04 bits per heavy atom. The maximum atomic E-state index is 13.4. The van der Waals surface area contributed by atoms with E-state index < -0.39 is 5.91 Å². The van der Waals surface area contributed by atoms with Gasteiger partial charge in [0.25, 0.3) is 5.91 Å². The summed E-state index contributed by atoms with van der Waals surface area (Å²) in [5, 5.41) is 12.2. The first-order chi connectivity index (χ1) is 13.5. The van der Waals surface area contributed by atoms with Gasteiger partial charge in [-0.1, -0.05) is 24.3 Å². The first kappa shape index (κ1) is 17.9. The normalized spacial score (nSPS) is 10.9. The number of nitrogens with one attached hydrogen (secondary N) is 1. The molecule has 0 radical (unpaired) electrons. The van der Waals surface area contributed by atoms with Crippen LogP contribution in [0, 0.1) is 12.7 Å². The molecule has 0 bridgehead atoms. The number of amides is 1. The highest BCUT2D eigenvalue weighted by Crippen LogP contribution is 2.32. The van der Waals surface area contributed by atoms with Gasteiger partial charge in [-0.15, -0.1) is 10.2 Å². The monoisotopic (exact) mass is 394 g/mol. The number of nitrogens with two attached hydrogens (primary N) is 1. The maximum Gasteiger partial charge on any atom is 0.250 e. The number of fused-ring (bicyclic) bond motifs is 1. The summed E-state index contributed by atoms with van der Waals surface area (Å²) < 4.78 is 17.7. The number of benzene rings is 2. The van der Waals surface area contributed by atoms with Crippen LogP contribution in [0.25, 0.3) is 21.6 Å². The Hall–Kier alpha value is -3.46. The summed E-state index contributed by atoms with van der Waals surface area (Å²) in [5.41, 5.74) is 7.70. The standard InChI is InChI=1S/C19H15FN6OS/c1-10-18(22-9-11-4-2-5-12(20)8-11)23-19(25-24-10)16-13-6-3-7-14(17(21)27)15(13)26-28-16/h2-8H,9H2,1H3,(H2,21,27)(H,22,23,25). The van der Waals surface area contributed by atoms with Gasteiger partial charge in [-0.2, -0.15) is 4.37 Å². The third kappa shape index (κ3) is 3.39. The second kappa shape index (κ2) is 7.28. The molecule has 7 nitrogen and oxygen atoms in total. The number of halogens is 1. The van der Waals surface area contributed by atoms with Gasteiger partial charge in [-0.25, -0.2) is 9.37 Å². The molecule has 9 heteroatoms. The van der Waals surface area contributed by atoms with Crippen molar-refractivity contribution in [3.05, 3.63) is 65.1 Å². The number of carbonyl (C=O) groups is 1. The fourth-order valence-electron chi connectivity index (χ4n) is 2.80. The van der Waals surface area contributed by atoms with Crippen LogP contribution >= 0.6 is 11.5 Å². The van der Waals surface area contributed by atoms with Gasteiger partial charge in [0.2, 0.25) is 0 Å². The number of aryl methyl sites for hydroxylation is 1. The number of nitrogens with zero attached hydrogens (tertiary/aromatic N) is 4. The third-order valence-corrected chi connectivity index (χ3v) is 5.04. The highest BCUT2D eigenvalue weighted by molar-refractivity contribution is 7.11. The van der Waals surface area contributed by atoms with Crippen LogP contribution in [-0.4, -0.2) is 25.5 Å². The maximum absolute atomic E-state index is 13.4. The van der Waals surface area contributed by atoms with Crippen molar-refractivity contribution in [1.82, 2.24) is 19.6 Å². The molecule has 0 saturated carbocycles. The molecule has 0 spiro atoms. The quantitative estimate of drug-likeness (QED) is 0.538. The van der Waals surface area contributed by atoms with E-state index in [0.29, 0.717) is 39.8 Å². The van der Waals surface area contributed by atoms with Crippen LogP contribution in [-0.2, 0) is 6.54 Å². The molecule has 0 fully saturated rings. The lowest BCUT2D eigenvalue weighted by molar-refractivity contribution is 0.100. The number of primary amides is 1. The fraction of sp³-hybridized carbons (Fsp3) is 0.105. The van der Waals surface area contributed by atoms with Gasteiger partial charge < -0.3 is 11.1 Å². The summed E-state index contributed by atoms with van der Waals surface area (Å²) >= 11 is 1.18. The number of hydrogen-bond acceptors (Lipinski definition) is 7. The van der Waals surface area contributed by atoms with E-state index in [9.17, 15) is 9.18 Å². The van der Waals surface area contributed by atoms with Crippen LogP contribution in [0.3, 0.4) is 0 Å². The first-order valence-corrected chi connectivity index (χ1v) is 9.18. The lowest BCUT2D eigenvalue weighted by Gasteiger charge is -2.09. The summed E-state index contributed by atoms with van der Waals surface area (Å²) in [4.78, 5) is 16.9. The number of hydrogen-bond donors (Lipinski definition) is 2. The van der Waals surface area contributed by atoms with Crippen LogP contribution in [0.2, 0.25) is 0 Å². The van der Waals surface area contributed by atoms with E-state index in [1.165, 1.54) is 23.7 Å². The van der Waals surface area contributed by atoms with Crippen molar-refractivity contribution in [3.63, 3.8) is 0 Å². The zero-order valence-corrected chi connectivity index (χ0v) is 15.6. The molecule has 28 heavy (non-hydrogen) atoms. The summed E-state index contributed by atoms with van der Waals surface area (Å²) in [5.74, 6) is 0.102. The van der Waals surface area contributed by atoms with E-state index in [4.69, 9.17) is 5.73 Å². The average molecular weight is 394 g/mol. The SMILES string of the molecule is Cc1nnc(-c2snc3c(C(N)=O)cccc23)nc1NCc1cccc(F)c1. The van der Waals surface area contributed by atoms with Crippen LogP contribution in [0.1, 0.15) is 21.6 Å². The Morgan fingerprint density at radius 1 is 1.21 bits per heavy atom. The topological polar surface area (TPSA) is 107 Å². The Bertz CT molecular complexity index is 1190. The molecule has 4 aromatic rings. The Labute approximate surface area is 163 Å². The lowest BCUT2D eigenvalue weighted by atomic mass is 10.1. The van der Waals surface area contributed by atoms with E-state index >= 15 is 0 Å². The Balaban J connectivity index is 1.68. The molecule has 0 saturated heterocycles. The van der Waals surface area contributed by atoms with Gasteiger partial charge in [0.15, 0.2) is 11.6 Å². The summed E-state index contributed by atoms with van der Waals surface area (Å²) in [7, 11) is 0. The molecule has 2 heterocycles. The second-order valence-electron chi connectivity index (χ2n) is 6.13. The molecule has 0 aliphatic carbocycles. The zero-order chi connectivity index (χ0) is 19.7. The number of anilines is 1. The molecule has 2 aromatic heterocycles. The molecule has 1 amide bonds. The van der Waals surface area contributed by atoms with Gasteiger partial charge in [-0.3, -0.25) is 4.79 Å². The molecule has 0 unspecified atom stereocenters. The van der Waals surface area contributed by atoms with Gasteiger partial charge in [0, 0.05) is 11.9 Å². The van der Waals surface area contributed by atoms with Crippen molar-refractivity contribution in [2.24, 2.45) is 5.73 Å². The largest absolute Gasteiger partial charge is 0.366 e. The highest BCUT2D eigenvalue weighted by atomic mass is 32.1.